The van der Waals surface area contributed by atoms with E-state index in [0.29, 0.717) is 5.02 Å². The maximum atomic E-state index is 5.96. The molecule has 0 heterocycles. The summed E-state index contributed by atoms with van der Waals surface area (Å²) >= 11 is 10.9. The minimum Gasteiger partial charge on any atom is -0.309 e. The van der Waals surface area contributed by atoms with Gasteiger partial charge in [0, 0.05) is 10.6 Å². The zero-order valence-electron chi connectivity index (χ0n) is 10.1. The molecule has 0 spiro atoms. The Labute approximate surface area is 122 Å². The maximum Gasteiger partial charge on any atom is 0.285 e. The van der Waals surface area contributed by atoms with Crippen LogP contribution in [0.1, 0.15) is 5.56 Å². The normalized spacial score (nSPS) is 11.1. The highest BCUT2D eigenvalue weighted by Gasteiger charge is 2.09. The van der Waals surface area contributed by atoms with E-state index in [4.69, 9.17) is 29.6 Å². The molecule has 2 rings (SSSR count). The van der Waals surface area contributed by atoms with Gasteiger partial charge in [0.1, 0.15) is 0 Å². The third-order valence-electron chi connectivity index (χ3n) is 2.40. The molecule has 5 heteroatoms. The van der Waals surface area contributed by atoms with Crippen LogP contribution in [0.2, 0.25) is 5.02 Å². The van der Waals surface area contributed by atoms with E-state index in [1.165, 1.54) is 0 Å². The van der Waals surface area contributed by atoms with Gasteiger partial charge < -0.3 is 5.73 Å². The first-order valence-electron chi connectivity index (χ1n) is 5.66. The van der Waals surface area contributed by atoms with Crippen molar-refractivity contribution in [2.24, 2.45) is 5.73 Å². The summed E-state index contributed by atoms with van der Waals surface area (Å²) in [6.07, 6.45) is 0. The number of nitrogens with one attached hydrogen (secondary N) is 2. The highest BCUT2D eigenvalue weighted by Crippen LogP contribution is 2.15. The predicted octanol–water partition coefficient (Wildman–Crippen LogP) is 1.52. The van der Waals surface area contributed by atoms with E-state index in [2.05, 4.69) is 10.3 Å². The molecule has 96 valence electrons. The van der Waals surface area contributed by atoms with Gasteiger partial charge in [0.05, 0.1) is 5.69 Å². The van der Waals surface area contributed by atoms with Crippen molar-refractivity contribution in [1.82, 2.24) is 0 Å². The number of benzene rings is 2. The van der Waals surface area contributed by atoms with E-state index in [1.54, 1.807) is 0 Å². The van der Waals surface area contributed by atoms with E-state index < -0.39 is 0 Å². The van der Waals surface area contributed by atoms with Crippen LogP contribution in [-0.4, -0.2) is 10.9 Å². The van der Waals surface area contributed by atoms with Gasteiger partial charge in [0.25, 0.3) is 5.11 Å². The maximum absolute atomic E-state index is 5.96. The van der Waals surface area contributed by atoms with Crippen LogP contribution in [-0.2, 0) is 0 Å². The van der Waals surface area contributed by atoms with Crippen molar-refractivity contribution in [2.75, 3.05) is 5.32 Å². The Hall–Kier alpha value is -1.91. The third-order valence-corrected chi connectivity index (χ3v) is 2.74. The molecular weight excluding hydrogens is 278 g/mol. The number of nitrogens with two attached hydrogens (primary N) is 1. The molecule has 0 atom stereocenters. The molecule has 0 aliphatic carbocycles. The second kappa shape index (κ2) is 6.31. The molecule has 0 unspecified atom stereocenters. The van der Waals surface area contributed by atoms with Crippen molar-refractivity contribution in [3.8, 4) is 0 Å². The van der Waals surface area contributed by atoms with Gasteiger partial charge in [0.2, 0.25) is 5.84 Å². The fourth-order valence-corrected chi connectivity index (χ4v) is 1.91. The summed E-state index contributed by atoms with van der Waals surface area (Å²) in [6, 6.07) is 17.2. The number of rotatable bonds is 2. The predicted molar refractivity (Wildman–Crippen MR) is 83.4 cm³/mol. The lowest BCUT2D eigenvalue weighted by molar-refractivity contribution is -0.311. The number of halogens is 1. The molecule has 0 amide bonds. The summed E-state index contributed by atoms with van der Waals surface area (Å²) in [5.74, 6) is 0.718. The lowest BCUT2D eigenvalue weighted by Gasteiger charge is -2.05. The molecule has 0 saturated carbocycles. The quantitative estimate of drug-likeness (QED) is 0.447. The summed E-state index contributed by atoms with van der Waals surface area (Å²) in [6.45, 7) is 0. The smallest absolute Gasteiger partial charge is 0.285 e. The van der Waals surface area contributed by atoms with E-state index in [9.17, 15) is 0 Å². The number of hydrogen-bond donors (Lipinski definition) is 3. The summed E-state index contributed by atoms with van der Waals surface area (Å²) in [5, 5.41) is 4.08. The van der Waals surface area contributed by atoms with Gasteiger partial charge in [-0.1, -0.05) is 35.9 Å². The molecule has 2 aromatic carbocycles. The summed E-state index contributed by atoms with van der Waals surface area (Å²) in [7, 11) is 0. The molecule has 0 fully saturated rings. The Morgan fingerprint density at radius 2 is 1.84 bits per heavy atom. The van der Waals surface area contributed by atoms with Crippen LogP contribution < -0.4 is 16.0 Å². The number of thiocarbonyl (C=S) groups is 1. The van der Waals surface area contributed by atoms with Gasteiger partial charge >= 0.3 is 0 Å². The Morgan fingerprint density at radius 1 is 1.11 bits per heavy atom. The average molecular weight is 291 g/mol. The van der Waals surface area contributed by atoms with Crippen LogP contribution in [0.3, 0.4) is 0 Å². The van der Waals surface area contributed by atoms with E-state index in [0.717, 1.165) is 17.1 Å². The van der Waals surface area contributed by atoms with Crippen LogP contribution in [0, 0.1) is 0 Å². The van der Waals surface area contributed by atoms with Crippen molar-refractivity contribution in [3.63, 3.8) is 0 Å². The molecule has 0 aliphatic heterocycles. The second-order valence-electron chi connectivity index (χ2n) is 3.87. The monoisotopic (exact) mass is 290 g/mol. The Morgan fingerprint density at radius 3 is 2.47 bits per heavy atom. The molecule has 19 heavy (non-hydrogen) atoms. The second-order valence-corrected chi connectivity index (χ2v) is 4.74. The molecule has 0 aliphatic rings. The standard InChI is InChI=1S/C14H12ClN3S/c15-11-7-4-8-12(9-11)17-13(18-14(16)19)10-5-2-1-3-6-10/h1-9H,(H3,16,17,18,19)/p+1. The van der Waals surface area contributed by atoms with Gasteiger partial charge in [-0.3, -0.25) is 5.32 Å². The zero-order valence-corrected chi connectivity index (χ0v) is 11.6. The van der Waals surface area contributed by atoms with E-state index in [1.807, 2.05) is 54.6 Å². The fraction of sp³-hybridized carbons (Fsp3) is 0. The van der Waals surface area contributed by atoms with Crippen LogP contribution in [0.25, 0.3) is 0 Å². The van der Waals surface area contributed by atoms with Crippen molar-refractivity contribution in [2.45, 2.75) is 0 Å². The fourth-order valence-electron chi connectivity index (χ4n) is 1.61. The van der Waals surface area contributed by atoms with Crippen LogP contribution >= 0.6 is 23.8 Å². The molecule has 2 aromatic rings. The van der Waals surface area contributed by atoms with Crippen molar-refractivity contribution < 1.29 is 4.99 Å². The first-order valence-corrected chi connectivity index (χ1v) is 6.45. The van der Waals surface area contributed by atoms with Gasteiger partial charge in [-0.15, -0.1) is 0 Å². The number of amidine groups is 1. The average Bonchev–Trinajstić information content (AvgIpc) is 2.38. The lowest BCUT2D eigenvalue weighted by Crippen LogP contribution is -2.81. The molecule has 0 aromatic heterocycles. The minimum absolute atomic E-state index is 0.202. The van der Waals surface area contributed by atoms with Gasteiger partial charge in [-0.25, -0.2) is 4.99 Å². The topological polar surface area (TPSA) is 52.0 Å². The molecule has 0 saturated heterocycles. The van der Waals surface area contributed by atoms with E-state index in [-0.39, 0.29) is 5.11 Å². The molecule has 4 N–H and O–H groups in total. The van der Waals surface area contributed by atoms with Crippen LogP contribution in [0.5, 0.6) is 0 Å². The van der Waals surface area contributed by atoms with Crippen molar-refractivity contribution in [1.29, 1.82) is 0 Å². The Balaban J connectivity index is 2.33. The Kier molecular flexibility index (Phi) is 4.49. The number of anilines is 1. The van der Waals surface area contributed by atoms with Crippen molar-refractivity contribution in [3.05, 3.63) is 65.2 Å². The first-order chi connectivity index (χ1) is 9.15. The highest BCUT2D eigenvalue weighted by atomic mass is 35.5. The summed E-state index contributed by atoms with van der Waals surface area (Å²) in [4.78, 5) is 2.94. The van der Waals surface area contributed by atoms with Crippen molar-refractivity contribution >= 4 is 40.5 Å². The lowest BCUT2D eigenvalue weighted by atomic mass is 10.2. The minimum atomic E-state index is 0.202. The largest absolute Gasteiger partial charge is 0.309 e. The Bertz CT molecular complexity index is 611. The van der Waals surface area contributed by atoms with E-state index >= 15 is 0 Å². The number of hydrogen-bond acceptors (Lipinski definition) is 1. The van der Waals surface area contributed by atoms with Crippen LogP contribution in [0.15, 0.2) is 54.6 Å². The van der Waals surface area contributed by atoms with Gasteiger partial charge in [-0.2, -0.15) is 0 Å². The SMILES string of the molecule is NC(=S)/[NH+]=C(\Nc1cccc(Cl)c1)c1ccccc1. The molecule has 0 bridgehead atoms. The third kappa shape index (κ3) is 4.05. The molecule has 0 radical (unpaired) electrons. The molecular formula is C14H13ClN3S+. The highest BCUT2D eigenvalue weighted by molar-refractivity contribution is 7.79. The first kappa shape index (κ1) is 13.5. The summed E-state index contributed by atoms with van der Waals surface area (Å²) < 4.78 is 0. The van der Waals surface area contributed by atoms with Gasteiger partial charge in [-0.05, 0) is 42.5 Å². The zero-order chi connectivity index (χ0) is 13.7. The molecule has 3 nitrogen and oxygen atoms in total. The van der Waals surface area contributed by atoms with Crippen LogP contribution in [0.4, 0.5) is 5.69 Å². The van der Waals surface area contributed by atoms with Gasteiger partial charge in [0.15, 0.2) is 0 Å². The summed E-state index contributed by atoms with van der Waals surface area (Å²) in [5.41, 5.74) is 7.36.